The maximum atomic E-state index is 12.6. The first-order valence-corrected chi connectivity index (χ1v) is 9.28. The minimum Gasteiger partial charge on any atom is -0.333 e. The maximum Gasteiger partial charge on any atom is 0.493 e. The molecule has 0 N–H and O–H groups in total. The maximum absolute atomic E-state index is 12.6. The molecule has 2 heterocycles. The third-order valence-electron chi connectivity index (χ3n) is 6.86. The Morgan fingerprint density at radius 2 is 1.72 bits per heavy atom. The molecule has 1 unspecified atom stereocenters. The van der Waals surface area contributed by atoms with E-state index in [1.807, 2.05) is 0 Å². The van der Waals surface area contributed by atoms with Crippen molar-refractivity contribution in [3.63, 3.8) is 0 Å². The van der Waals surface area contributed by atoms with Gasteiger partial charge in [0.1, 0.15) is 5.84 Å². The molecule has 138 valence electrons. The number of nitrogens with zero attached hydrogens (tertiary/aromatic N) is 3. The van der Waals surface area contributed by atoms with Crippen LogP contribution in [0.4, 0.5) is 13.2 Å². The summed E-state index contributed by atoms with van der Waals surface area (Å²) in [5.74, 6) is 0.879. The van der Waals surface area contributed by atoms with E-state index < -0.39 is 12.1 Å². The second-order valence-corrected chi connectivity index (χ2v) is 8.62. The second kappa shape index (κ2) is 5.04. The highest BCUT2D eigenvalue weighted by atomic mass is 19.4. The number of rotatable bonds is 2. The number of halogens is 3. The third kappa shape index (κ3) is 2.35. The van der Waals surface area contributed by atoms with E-state index in [-0.39, 0.29) is 11.6 Å². The Bertz CT molecular complexity index is 598. The lowest BCUT2D eigenvalue weighted by molar-refractivity contribution is -0.248. The Balaban J connectivity index is 1.44. The first-order valence-electron chi connectivity index (χ1n) is 9.28. The lowest BCUT2D eigenvalue weighted by Gasteiger charge is -2.57. The van der Waals surface area contributed by atoms with Crippen LogP contribution in [0.25, 0.3) is 0 Å². The van der Waals surface area contributed by atoms with Crippen LogP contribution in [0, 0.1) is 23.2 Å². The first-order chi connectivity index (χ1) is 11.8. The predicted molar refractivity (Wildman–Crippen MR) is 81.8 cm³/mol. The zero-order chi connectivity index (χ0) is 17.4. The SMILES string of the molecule is O=C(ON1N=C(C23CC4CC(CC(C4)C2)C3)N2CCCC12)C(F)(F)F. The quantitative estimate of drug-likeness (QED) is 0.761. The van der Waals surface area contributed by atoms with Crippen molar-refractivity contribution in [2.45, 2.75) is 63.7 Å². The van der Waals surface area contributed by atoms with Gasteiger partial charge in [0, 0.05) is 12.0 Å². The Labute approximate surface area is 144 Å². The molecular weight excluding hydrogens is 335 g/mol. The third-order valence-corrected chi connectivity index (χ3v) is 6.86. The number of hydrogen-bond acceptors (Lipinski definition) is 5. The van der Waals surface area contributed by atoms with Crippen molar-refractivity contribution in [1.29, 1.82) is 0 Å². The normalized spacial score (nSPS) is 42.0. The highest BCUT2D eigenvalue weighted by Gasteiger charge is 2.58. The van der Waals surface area contributed by atoms with Crippen LogP contribution in [0.3, 0.4) is 0 Å². The smallest absolute Gasteiger partial charge is 0.333 e. The number of hydroxylamine groups is 1. The summed E-state index contributed by atoms with van der Waals surface area (Å²) in [4.78, 5) is 18.0. The Hall–Kier alpha value is -1.47. The molecule has 0 amide bonds. The predicted octanol–water partition coefficient (Wildman–Crippen LogP) is 3.27. The average molecular weight is 357 g/mol. The summed E-state index contributed by atoms with van der Waals surface area (Å²) in [6, 6.07) is 0. The van der Waals surface area contributed by atoms with Crippen molar-refractivity contribution >= 4 is 11.8 Å². The molecule has 1 saturated heterocycles. The van der Waals surface area contributed by atoms with E-state index >= 15 is 0 Å². The van der Waals surface area contributed by atoms with Gasteiger partial charge in [-0.25, -0.2) is 4.79 Å². The van der Waals surface area contributed by atoms with E-state index in [2.05, 4.69) is 14.8 Å². The zero-order valence-electron chi connectivity index (χ0n) is 14.0. The molecule has 1 atom stereocenters. The summed E-state index contributed by atoms with van der Waals surface area (Å²) in [6.07, 6.45) is 3.33. The standard InChI is InChI=1S/C17H22F3N3O2/c18-17(19,20)15(24)25-23-13-2-1-3-22(13)14(21-23)16-7-10-4-11(8-16)6-12(5-10)9-16/h10-13H,1-9H2. The summed E-state index contributed by atoms with van der Waals surface area (Å²) in [6.45, 7) is 0.783. The molecule has 5 nitrogen and oxygen atoms in total. The van der Waals surface area contributed by atoms with Crippen molar-refractivity contribution in [3.8, 4) is 0 Å². The van der Waals surface area contributed by atoms with Gasteiger partial charge in [-0.3, -0.25) is 0 Å². The molecule has 0 spiro atoms. The van der Waals surface area contributed by atoms with E-state index in [1.54, 1.807) is 0 Å². The van der Waals surface area contributed by atoms with E-state index in [0.29, 0.717) is 6.42 Å². The Morgan fingerprint density at radius 3 is 2.28 bits per heavy atom. The molecule has 0 aromatic rings. The van der Waals surface area contributed by atoms with Crippen molar-refractivity contribution in [2.24, 2.45) is 28.3 Å². The Morgan fingerprint density at radius 1 is 1.12 bits per heavy atom. The summed E-state index contributed by atoms with van der Waals surface area (Å²) < 4.78 is 37.8. The van der Waals surface area contributed by atoms with Crippen LogP contribution in [0.2, 0.25) is 0 Å². The van der Waals surface area contributed by atoms with Gasteiger partial charge in [-0.15, -0.1) is 5.10 Å². The van der Waals surface area contributed by atoms with E-state index in [9.17, 15) is 18.0 Å². The number of hydrogen-bond donors (Lipinski definition) is 0. The molecule has 6 rings (SSSR count). The van der Waals surface area contributed by atoms with Gasteiger partial charge >= 0.3 is 12.1 Å². The van der Waals surface area contributed by atoms with Crippen LogP contribution in [-0.2, 0) is 9.63 Å². The molecule has 4 aliphatic carbocycles. The molecule has 0 radical (unpaired) electrons. The van der Waals surface area contributed by atoms with Crippen LogP contribution in [0.15, 0.2) is 5.10 Å². The van der Waals surface area contributed by atoms with Crippen molar-refractivity contribution in [1.82, 2.24) is 10.1 Å². The Kier molecular flexibility index (Phi) is 3.18. The van der Waals surface area contributed by atoms with Crippen LogP contribution in [-0.4, -0.2) is 40.8 Å². The topological polar surface area (TPSA) is 45.1 Å². The number of carbonyl (C=O) groups is 1. The molecular formula is C17H22F3N3O2. The van der Waals surface area contributed by atoms with Crippen molar-refractivity contribution < 1.29 is 22.8 Å². The monoisotopic (exact) mass is 357 g/mol. The molecule has 4 saturated carbocycles. The number of alkyl halides is 3. The van der Waals surface area contributed by atoms with Crippen LogP contribution < -0.4 is 0 Å². The van der Waals surface area contributed by atoms with E-state index in [1.165, 1.54) is 19.3 Å². The van der Waals surface area contributed by atoms with Gasteiger partial charge in [0.2, 0.25) is 0 Å². The van der Waals surface area contributed by atoms with Crippen molar-refractivity contribution in [2.75, 3.05) is 6.54 Å². The highest BCUT2D eigenvalue weighted by Crippen LogP contribution is 2.61. The fourth-order valence-corrected chi connectivity index (χ4v) is 6.46. The second-order valence-electron chi connectivity index (χ2n) is 8.62. The minimum atomic E-state index is -5.00. The molecule has 6 aliphatic rings. The van der Waals surface area contributed by atoms with Crippen molar-refractivity contribution in [3.05, 3.63) is 0 Å². The number of fused-ring (bicyclic) bond motifs is 1. The van der Waals surface area contributed by atoms with Gasteiger partial charge < -0.3 is 9.74 Å². The number of amidine groups is 1. The minimum absolute atomic E-state index is 0.0171. The van der Waals surface area contributed by atoms with Gasteiger partial charge in [-0.05, 0) is 69.1 Å². The van der Waals surface area contributed by atoms with Gasteiger partial charge in [-0.1, -0.05) is 5.17 Å². The largest absolute Gasteiger partial charge is 0.493 e. The molecule has 0 aromatic heterocycles. The first kappa shape index (κ1) is 15.8. The van der Waals surface area contributed by atoms with Gasteiger partial charge in [-0.2, -0.15) is 13.2 Å². The lowest BCUT2D eigenvalue weighted by Crippen LogP contribution is -2.54. The average Bonchev–Trinajstić information content (AvgIpc) is 3.08. The molecule has 25 heavy (non-hydrogen) atoms. The molecule has 8 heteroatoms. The number of hydrazone groups is 1. The van der Waals surface area contributed by atoms with Gasteiger partial charge in [0.25, 0.3) is 0 Å². The fraction of sp³-hybridized carbons (Fsp3) is 0.882. The van der Waals surface area contributed by atoms with Crippen LogP contribution in [0.5, 0.6) is 0 Å². The summed E-state index contributed by atoms with van der Waals surface area (Å²) in [5, 5.41) is 5.39. The van der Waals surface area contributed by atoms with E-state index in [4.69, 9.17) is 0 Å². The lowest BCUT2D eigenvalue weighted by atomic mass is 9.49. The number of carbonyl (C=O) groups excluding carboxylic acids is 1. The zero-order valence-corrected chi connectivity index (χ0v) is 14.0. The van der Waals surface area contributed by atoms with Gasteiger partial charge in [0.05, 0.1) is 0 Å². The molecule has 4 bridgehead atoms. The summed E-state index contributed by atoms with van der Waals surface area (Å²) in [5.41, 5.74) is -0.0171. The molecule has 0 aromatic carbocycles. The van der Waals surface area contributed by atoms with Crippen LogP contribution >= 0.6 is 0 Å². The van der Waals surface area contributed by atoms with Gasteiger partial charge in [0.15, 0.2) is 6.17 Å². The van der Waals surface area contributed by atoms with Crippen LogP contribution in [0.1, 0.15) is 51.4 Å². The molecule has 5 fully saturated rings. The summed E-state index contributed by atoms with van der Waals surface area (Å²) in [7, 11) is 0. The fourth-order valence-electron chi connectivity index (χ4n) is 6.46. The highest BCUT2D eigenvalue weighted by molar-refractivity contribution is 5.90. The van der Waals surface area contributed by atoms with E-state index in [0.717, 1.165) is 61.0 Å². The molecule has 2 aliphatic heterocycles. The summed E-state index contributed by atoms with van der Waals surface area (Å²) >= 11 is 0.